The van der Waals surface area contributed by atoms with E-state index in [4.69, 9.17) is 4.74 Å². The first kappa shape index (κ1) is 15.3. The molecule has 3 unspecified atom stereocenters. The summed E-state index contributed by atoms with van der Waals surface area (Å²) in [5, 5.41) is 10.3. The van der Waals surface area contributed by atoms with Gasteiger partial charge in [0.2, 0.25) is 0 Å². The van der Waals surface area contributed by atoms with Gasteiger partial charge in [-0.3, -0.25) is 4.98 Å². The van der Waals surface area contributed by atoms with E-state index in [9.17, 15) is 5.11 Å². The minimum Gasteiger partial charge on any atom is -0.496 e. The van der Waals surface area contributed by atoms with Crippen molar-refractivity contribution in [2.24, 2.45) is 11.8 Å². The summed E-state index contributed by atoms with van der Waals surface area (Å²) in [6, 6.07) is 0. The summed E-state index contributed by atoms with van der Waals surface area (Å²) < 4.78 is 5.47. The molecule has 1 aliphatic rings. The number of aryl methyl sites for hydroxylation is 1. The van der Waals surface area contributed by atoms with Crippen molar-refractivity contribution in [1.82, 2.24) is 4.98 Å². The van der Waals surface area contributed by atoms with Gasteiger partial charge in [0.1, 0.15) is 5.75 Å². The van der Waals surface area contributed by atoms with Gasteiger partial charge in [-0.1, -0.05) is 13.3 Å². The summed E-state index contributed by atoms with van der Waals surface area (Å²) in [6.45, 7) is 6.34. The van der Waals surface area contributed by atoms with E-state index >= 15 is 0 Å². The van der Waals surface area contributed by atoms with E-state index in [1.165, 1.54) is 6.42 Å². The predicted octanol–water partition coefficient (Wildman–Crippen LogP) is 3.44. The quantitative estimate of drug-likeness (QED) is 0.916. The molecule has 0 bridgehead atoms. The summed E-state index contributed by atoms with van der Waals surface area (Å²) >= 11 is 0. The lowest BCUT2D eigenvalue weighted by Gasteiger charge is -2.33. The van der Waals surface area contributed by atoms with Crippen molar-refractivity contribution < 1.29 is 9.84 Å². The van der Waals surface area contributed by atoms with E-state index in [2.05, 4.69) is 18.8 Å². The Morgan fingerprint density at radius 3 is 2.75 bits per heavy atom. The molecule has 0 aliphatic heterocycles. The van der Waals surface area contributed by atoms with E-state index in [1.807, 2.05) is 13.1 Å². The Hall–Kier alpha value is -1.09. The van der Waals surface area contributed by atoms with Crippen LogP contribution < -0.4 is 4.74 Å². The number of rotatable bonds is 4. The van der Waals surface area contributed by atoms with Gasteiger partial charge in [-0.15, -0.1) is 0 Å². The Morgan fingerprint density at radius 2 is 2.10 bits per heavy atom. The molecule has 1 aliphatic carbocycles. The third kappa shape index (κ3) is 3.14. The van der Waals surface area contributed by atoms with Crippen molar-refractivity contribution >= 4 is 0 Å². The SMILES string of the molecule is CCC1CCC(O)C(Cc2ncc(C)c(OC)c2C)C1. The maximum atomic E-state index is 10.3. The Balaban J connectivity index is 2.16. The molecule has 0 radical (unpaired) electrons. The molecule has 0 amide bonds. The number of hydrogen-bond donors (Lipinski definition) is 1. The average molecular weight is 277 g/mol. The first-order valence-corrected chi connectivity index (χ1v) is 7.73. The molecule has 1 fully saturated rings. The molecule has 1 saturated carbocycles. The fraction of sp³-hybridized carbons (Fsp3) is 0.706. The number of aliphatic hydroxyl groups excluding tert-OH is 1. The molecule has 0 saturated heterocycles. The number of nitrogens with zero attached hydrogens (tertiary/aromatic N) is 1. The first-order chi connectivity index (χ1) is 9.56. The van der Waals surface area contributed by atoms with Crippen LogP contribution in [-0.4, -0.2) is 23.3 Å². The van der Waals surface area contributed by atoms with Crippen LogP contribution >= 0.6 is 0 Å². The zero-order chi connectivity index (χ0) is 14.7. The summed E-state index contributed by atoms with van der Waals surface area (Å²) in [4.78, 5) is 4.57. The van der Waals surface area contributed by atoms with Gasteiger partial charge in [-0.25, -0.2) is 0 Å². The molecule has 1 N–H and O–H groups in total. The normalized spacial score (nSPS) is 26.6. The van der Waals surface area contributed by atoms with Crippen LogP contribution in [0.4, 0.5) is 0 Å². The highest BCUT2D eigenvalue weighted by atomic mass is 16.5. The van der Waals surface area contributed by atoms with Crippen molar-refractivity contribution in [3.63, 3.8) is 0 Å². The smallest absolute Gasteiger partial charge is 0.128 e. The minimum atomic E-state index is -0.175. The minimum absolute atomic E-state index is 0.175. The van der Waals surface area contributed by atoms with Crippen molar-refractivity contribution in [3.8, 4) is 5.75 Å². The van der Waals surface area contributed by atoms with Gasteiger partial charge in [-0.05, 0) is 51.4 Å². The molecule has 0 aromatic carbocycles. The van der Waals surface area contributed by atoms with Crippen molar-refractivity contribution in [2.45, 2.75) is 59.0 Å². The maximum Gasteiger partial charge on any atom is 0.128 e. The van der Waals surface area contributed by atoms with Gasteiger partial charge in [-0.2, -0.15) is 0 Å². The molecule has 3 heteroatoms. The number of aliphatic hydroxyl groups is 1. The van der Waals surface area contributed by atoms with Crippen LogP contribution in [-0.2, 0) is 6.42 Å². The molecule has 2 rings (SSSR count). The van der Waals surface area contributed by atoms with Crippen LogP contribution in [0.1, 0.15) is 49.4 Å². The number of hydrogen-bond acceptors (Lipinski definition) is 3. The van der Waals surface area contributed by atoms with Crippen LogP contribution in [0.3, 0.4) is 0 Å². The Kier molecular flexibility index (Phi) is 5.03. The average Bonchev–Trinajstić information content (AvgIpc) is 2.44. The predicted molar refractivity (Wildman–Crippen MR) is 81.1 cm³/mol. The maximum absolute atomic E-state index is 10.3. The highest BCUT2D eigenvalue weighted by Gasteiger charge is 2.29. The second-order valence-corrected chi connectivity index (χ2v) is 6.17. The number of ether oxygens (including phenoxy) is 1. The zero-order valence-electron chi connectivity index (χ0n) is 13.1. The standard InChI is InChI=1S/C17H27NO2/c1-5-13-6-7-16(19)14(8-13)9-15-12(3)17(20-4)11(2)10-18-15/h10,13-14,16,19H,5-9H2,1-4H3. The van der Waals surface area contributed by atoms with Crippen molar-refractivity contribution in [3.05, 3.63) is 23.0 Å². The summed E-state index contributed by atoms with van der Waals surface area (Å²) in [5.74, 6) is 2.04. The van der Waals surface area contributed by atoms with Gasteiger partial charge in [0.05, 0.1) is 13.2 Å². The summed E-state index contributed by atoms with van der Waals surface area (Å²) in [7, 11) is 1.71. The fourth-order valence-corrected chi connectivity index (χ4v) is 3.46. The summed E-state index contributed by atoms with van der Waals surface area (Å²) in [6.07, 6.45) is 7.00. The largest absolute Gasteiger partial charge is 0.496 e. The van der Waals surface area contributed by atoms with Crippen LogP contribution in [0.15, 0.2) is 6.20 Å². The van der Waals surface area contributed by atoms with Gasteiger partial charge in [0, 0.05) is 23.0 Å². The molecule has 20 heavy (non-hydrogen) atoms. The Labute approximate surface area is 122 Å². The molecule has 112 valence electrons. The van der Waals surface area contributed by atoms with E-state index in [1.54, 1.807) is 7.11 Å². The highest BCUT2D eigenvalue weighted by Crippen LogP contribution is 2.34. The van der Waals surface area contributed by atoms with E-state index in [-0.39, 0.29) is 6.10 Å². The number of pyridine rings is 1. The van der Waals surface area contributed by atoms with Gasteiger partial charge in [0.25, 0.3) is 0 Å². The number of aromatic nitrogens is 1. The van der Waals surface area contributed by atoms with Gasteiger partial charge in [0.15, 0.2) is 0 Å². The summed E-state index contributed by atoms with van der Waals surface area (Å²) in [5.41, 5.74) is 3.27. The molecule has 3 nitrogen and oxygen atoms in total. The van der Waals surface area contributed by atoms with Crippen LogP contribution in [0.5, 0.6) is 5.75 Å². The fourth-order valence-electron chi connectivity index (χ4n) is 3.46. The van der Waals surface area contributed by atoms with Gasteiger partial charge >= 0.3 is 0 Å². The second-order valence-electron chi connectivity index (χ2n) is 6.17. The lowest BCUT2D eigenvalue weighted by molar-refractivity contribution is 0.0469. The monoisotopic (exact) mass is 277 g/mol. The molecular weight excluding hydrogens is 250 g/mol. The van der Waals surface area contributed by atoms with E-state index in [0.717, 1.165) is 54.2 Å². The van der Waals surface area contributed by atoms with Crippen LogP contribution in [0.2, 0.25) is 0 Å². The van der Waals surface area contributed by atoms with E-state index in [0.29, 0.717) is 5.92 Å². The van der Waals surface area contributed by atoms with Crippen LogP contribution in [0, 0.1) is 25.7 Å². The number of methoxy groups -OCH3 is 1. The third-order valence-corrected chi connectivity index (χ3v) is 4.83. The van der Waals surface area contributed by atoms with Crippen molar-refractivity contribution in [2.75, 3.05) is 7.11 Å². The Bertz CT molecular complexity index is 459. The highest BCUT2D eigenvalue weighted by molar-refractivity contribution is 5.41. The Morgan fingerprint density at radius 1 is 1.35 bits per heavy atom. The van der Waals surface area contributed by atoms with E-state index < -0.39 is 0 Å². The molecule has 3 atom stereocenters. The van der Waals surface area contributed by atoms with Crippen LogP contribution in [0.25, 0.3) is 0 Å². The molecule has 0 spiro atoms. The molecular formula is C17H27NO2. The third-order valence-electron chi connectivity index (χ3n) is 4.83. The lowest BCUT2D eigenvalue weighted by Crippen LogP contribution is -2.31. The lowest BCUT2D eigenvalue weighted by atomic mass is 9.76. The first-order valence-electron chi connectivity index (χ1n) is 7.73. The van der Waals surface area contributed by atoms with Gasteiger partial charge < -0.3 is 9.84 Å². The topological polar surface area (TPSA) is 42.4 Å². The molecule has 1 aromatic rings. The zero-order valence-corrected chi connectivity index (χ0v) is 13.1. The second kappa shape index (κ2) is 6.57. The molecule has 1 heterocycles. The van der Waals surface area contributed by atoms with Crippen molar-refractivity contribution in [1.29, 1.82) is 0 Å². The molecule has 1 aromatic heterocycles.